The highest BCUT2D eigenvalue weighted by Gasteiger charge is 2.18. The SMILES string of the molecule is O=C(Cn1c(=O)n(CCCCC(=O)NC2CCCC2)c(=O)c2ccccc21)Nc1ccc(Cl)cc1. The minimum absolute atomic E-state index is 0.0130. The van der Waals surface area contributed by atoms with Gasteiger partial charge in [-0.25, -0.2) is 4.79 Å². The van der Waals surface area contributed by atoms with Crippen molar-refractivity contribution in [2.24, 2.45) is 0 Å². The molecule has 8 nitrogen and oxygen atoms in total. The Hall–Kier alpha value is -3.39. The van der Waals surface area contributed by atoms with Crippen LogP contribution in [-0.2, 0) is 22.7 Å². The van der Waals surface area contributed by atoms with Crippen LogP contribution in [0.5, 0.6) is 0 Å². The molecule has 1 aromatic heterocycles. The Morgan fingerprint density at radius 1 is 0.914 bits per heavy atom. The van der Waals surface area contributed by atoms with E-state index in [0.717, 1.165) is 30.3 Å². The molecule has 1 heterocycles. The first-order chi connectivity index (χ1) is 16.9. The summed E-state index contributed by atoms with van der Waals surface area (Å²) in [5, 5.41) is 6.72. The first kappa shape index (κ1) is 24.7. The molecule has 2 aromatic carbocycles. The predicted octanol–water partition coefficient (Wildman–Crippen LogP) is 3.68. The molecule has 35 heavy (non-hydrogen) atoms. The van der Waals surface area contributed by atoms with Crippen LogP contribution in [0.15, 0.2) is 58.1 Å². The third kappa shape index (κ3) is 6.19. The summed E-state index contributed by atoms with van der Waals surface area (Å²) in [6.45, 7) is -0.0654. The quantitative estimate of drug-likeness (QED) is 0.441. The molecule has 184 valence electrons. The number of para-hydroxylation sites is 1. The molecule has 1 saturated carbocycles. The van der Waals surface area contributed by atoms with E-state index in [0.29, 0.717) is 40.9 Å². The van der Waals surface area contributed by atoms with Crippen LogP contribution in [0.2, 0.25) is 5.02 Å². The number of fused-ring (bicyclic) bond motifs is 1. The van der Waals surface area contributed by atoms with Gasteiger partial charge in [-0.2, -0.15) is 0 Å². The molecule has 1 aliphatic rings. The molecule has 3 aromatic rings. The Morgan fingerprint density at radius 3 is 2.37 bits per heavy atom. The van der Waals surface area contributed by atoms with Gasteiger partial charge in [0.1, 0.15) is 6.54 Å². The molecule has 4 rings (SSSR count). The number of halogens is 1. The molecule has 0 saturated heterocycles. The van der Waals surface area contributed by atoms with E-state index in [4.69, 9.17) is 11.6 Å². The number of hydrogen-bond donors (Lipinski definition) is 2. The minimum atomic E-state index is -0.546. The molecule has 2 amide bonds. The average Bonchev–Trinajstić information content (AvgIpc) is 3.35. The number of aromatic nitrogens is 2. The van der Waals surface area contributed by atoms with E-state index in [-0.39, 0.29) is 25.0 Å². The van der Waals surface area contributed by atoms with E-state index in [1.54, 1.807) is 48.5 Å². The van der Waals surface area contributed by atoms with Gasteiger partial charge in [0.05, 0.1) is 10.9 Å². The maximum Gasteiger partial charge on any atom is 0.331 e. The molecular formula is C26H29ClN4O4. The lowest BCUT2D eigenvalue weighted by Gasteiger charge is -2.14. The Bertz CT molecular complexity index is 1320. The molecule has 0 atom stereocenters. The van der Waals surface area contributed by atoms with Crippen molar-refractivity contribution in [1.29, 1.82) is 0 Å². The van der Waals surface area contributed by atoms with Crippen LogP contribution in [0.3, 0.4) is 0 Å². The van der Waals surface area contributed by atoms with Crippen LogP contribution in [0.1, 0.15) is 44.9 Å². The highest BCUT2D eigenvalue weighted by molar-refractivity contribution is 6.30. The molecule has 0 aliphatic heterocycles. The normalized spacial score (nSPS) is 13.7. The smallest absolute Gasteiger partial charge is 0.331 e. The lowest BCUT2D eigenvalue weighted by atomic mass is 10.2. The molecular weight excluding hydrogens is 468 g/mol. The number of amides is 2. The summed E-state index contributed by atoms with van der Waals surface area (Å²) in [5.74, 6) is -0.382. The second kappa shape index (κ2) is 11.4. The van der Waals surface area contributed by atoms with Crippen molar-refractivity contribution in [2.45, 2.75) is 64.1 Å². The van der Waals surface area contributed by atoms with Gasteiger partial charge in [-0.1, -0.05) is 36.6 Å². The van der Waals surface area contributed by atoms with Gasteiger partial charge in [0.25, 0.3) is 5.56 Å². The van der Waals surface area contributed by atoms with Gasteiger partial charge in [-0.05, 0) is 62.1 Å². The van der Waals surface area contributed by atoms with E-state index in [2.05, 4.69) is 10.6 Å². The van der Waals surface area contributed by atoms with Crippen molar-refractivity contribution in [3.63, 3.8) is 0 Å². The fraction of sp³-hybridized carbons (Fsp3) is 0.385. The van der Waals surface area contributed by atoms with Gasteiger partial charge in [0.15, 0.2) is 0 Å². The Morgan fingerprint density at radius 2 is 1.63 bits per heavy atom. The highest BCUT2D eigenvalue weighted by Crippen LogP contribution is 2.18. The number of nitrogens with zero attached hydrogens (tertiary/aromatic N) is 2. The van der Waals surface area contributed by atoms with E-state index in [9.17, 15) is 19.2 Å². The van der Waals surface area contributed by atoms with E-state index < -0.39 is 17.2 Å². The maximum atomic E-state index is 13.2. The molecule has 9 heteroatoms. The maximum absolute atomic E-state index is 13.2. The molecule has 0 spiro atoms. The van der Waals surface area contributed by atoms with E-state index in [1.165, 1.54) is 4.57 Å². The molecule has 1 aliphatic carbocycles. The van der Waals surface area contributed by atoms with Crippen molar-refractivity contribution < 1.29 is 9.59 Å². The number of rotatable bonds is 9. The zero-order valence-electron chi connectivity index (χ0n) is 19.5. The third-order valence-corrected chi connectivity index (χ3v) is 6.57. The Kier molecular flexibility index (Phi) is 8.02. The fourth-order valence-electron chi connectivity index (χ4n) is 4.52. The number of carbonyl (C=O) groups excluding carboxylic acids is 2. The van der Waals surface area contributed by atoms with Gasteiger partial charge >= 0.3 is 5.69 Å². The first-order valence-corrected chi connectivity index (χ1v) is 12.4. The van der Waals surface area contributed by atoms with E-state index >= 15 is 0 Å². The van der Waals surface area contributed by atoms with Crippen LogP contribution in [0, 0.1) is 0 Å². The van der Waals surface area contributed by atoms with Gasteiger partial charge in [-0.3, -0.25) is 23.5 Å². The molecule has 2 N–H and O–H groups in total. The minimum Gasteiger partial charge on any atom is -0.353 e. The predicted molar refractivity (Wildman–Crippen MR) is 137 cm³/mol. The van der Waals surface area contributed by atoms with Crippen LogP contribution in [0.4, 0.5) is 5.69 Å². The lowest BCUT2D eigenvalue weighted by Crippen LogP contribution is -2.41. The first-order valence-electron chi connectivity index (χ1n) is 12.0. The summed E-state index contributed by atoms with van der Waals surface area (Å²) < 4.78 is 2.47. The number of hydrogen-bond acceptors (Lipinski definition) is 4. The second-order valence-electron chi connectivity index (χ2n) is 8.90. The van der Waals surface area contributed by atoms with Crippen LogP contribution < -0.4 is 21.9 Å². The topological polar surface area (TPSA) is 102 Å². The standard InChI is InChI=1S/C26H29ClN4O4/c27-18-12-14-20(15-13-18)29-24(33)17-31-22-10-4-3-9-21(22)25(34)30(26(31)35)16-6-5-11-23(32)28-19-7-1-2-8-19/h3-4,9-10,12-15,19H,1-2,5-8,11,16-17H2,(H,28,32)(H,29,33). The van der Waals surface area contributed by atoms with Crippen LogP contribution in [-0.4, -0.2) is 27.0 Å². The summed E-state index contributed by atoms with van der Waals surface area (Å²) in [6.07, 6.45) is 5.79. The second-order valence-corrected chi connectivity index (χ2v) is 9.34. The average molecular weight is 497 g/mol. The van der Waals surface area contributed by atoms with Crippen molar-refractivity contribution in [3.8, 4) is 0 Å². The fourth-order valence-corrected chi connectivity index (χ4v) is 4.65. The number of anilines is 1. The number of carbonyl (C=O) groups is 2. The van der Waals surface area contributed by atoms with Crippen molar-refractivity contribution >= 4 is 40.0 Å². The van der Waals surface area contributed by atoms with Crippen LogP contribution in [0.25, 0.3) is 10.9 Å². The van der Waals surface area contributed by atoms with Gasteiger partial charge in [0.2, 0.25) is 11.8 Å². The molecule has 1 fully saturated rings. The molecule has 0 bridgehead atoms. The number of nitrogens with one attached hydrogen (secondary N) is 2. The number of benzene rings is 2. The largest absolute Gasteiger partial charge is 0.353 e. The monoisotopic (exact) mass is 496 g/mol. The highest BCUT2D eigenvalue weighted by atomic mass is 35.5. The molecule has 0 radical (unpaired) electrons. The Balaban J connectivity index is 1.47. The van der Waals surface area contributed by atoms with Crippen molar-refractivity contribution in [1.82, 2.24) is 14.5 Å². The summed E-state index contributed by atoms with van der Waals surface area (Å²) in [6, 6.07) is 13.7. The third-order valence-electron chi connectivity index (χ3n) is 6.32. The summed E-state index contributed by atoms with van der Waals surface area (Å²) in [7, 11) is 0. The van der Waals surface area contributed by atoms with E-state index in [1.807, 2.05) is 0 Å². The summed E-state index contributed by atoms with van der Waals surface area (Å²) in [4.78, 5) is 51.1. The Labute approximate surface area is 207 Å². The van der Waals surface area contributed by atoms with Crippen molar-refractivity contribution in [3.05, 3.63) is 74.4 Å². The lowest BCUT2D eigenvalue weighted by molar-refractivity contribution is -0.122. The number of unbranched alkanes of at least 4 members (excludes halogenated alkanes) is 1. The van der Waals surface area contributed by atoms with Crippen LogP contribution >= 0.6 is 11.6 Å². The van der Waals surface area contributed by atoms with Gasteiger partial charge < -0.3 is 10.6 Å². The van der Waals surface area contributed by atoms with Gasteiger partial charge in [-0.15, -0.1) is 0 Å². The molecule has 0 unspecified atom stereocenters. The zero-order valence-corrected chi connectivity index (χ0v) is 20.2. The zero-order chi connectivity index (χ0) is 24.8. The summed E-state index contributed by atoms with van der Waals surface area (Å²) >= 11 is 5.89. The van der Waals surface area contributed by atoms with Crippen molar-refractivity contribution in [2.75, 3.05) is 5.32 Å². The summed E-state index contributed by atoms with van der Waals surface area (Å²) in [5.41, 5.74) is 0.0210. The van der Waals surface area contributed by atoms with Gasteiger partial charge in [0, 0.05) is 29.7 Å².